The van der Waals surface area contributed by atoms with Gasteiger partial charge in [0.25, 0.3) is 5.56 Å². The molecule has 0 aromatic carbocycles. The summed E-state index contributed by atoms with van der Waals surface area (Å²) < 4.78 is 9.30. The highest BCUT2D eigenvalue weighted by Crippen LogP contribution is 2.31. The van der Waals surface area contributed by atoms with E-state index in [0.717, 1.165) is 17.4 Å². The van der Waals surface area contributed by atoms with Crippen LogP contribution in [0, 0.1) is 0 Å². The predicted molar refractivity (Wildman–Crippen MR) is 100 cm³/mol. The summed E-state index contributed by atoms with van der Waals surface area (Å²) in [6.07, 6.45) is 6.57. The van der Waals surface area contributed by atoms with E-state index >= 15 is 0 Å². The minimum atomic E-state index is -0.823. The van der Waals surface area contributed by atoms with E-state index < -0.39 is 17.4 Å². The molecule has 1 unspecified atom stereocenters. The molecule has 0 radical (unpaired) electrons. The van der Waals surface area contributed by atoms with Gasteiger partial charge in [-0.3, -0.25) is 13.9 Å². The first-order valence-corrected chi connectivity index (χ1v) is 9.57. The van der Waals surface area contributed by atoms with Gasteiger partial charge in [0, 0.05) is 26.4 Å². The van der Waals surface area contributed by atoms with Crippen molar-refractivity contribution in [2.75, 3.05) is 0 Å². The lowest BCUT2D eigenvalue weighted by atomic mass is 9.89. The van der Waals surface area contributed by atoms with E-state index in [1.54, 1.807) is 11.6 Å². The molecule has 0 aliphatic heterocycles. The Balaban J connectivity index is 1.52. The van der Waals surface area contributed by atoms with E-state index in [4.69, 9.17) is 4.52 Å². The first-order valence-electron chi connectivity index (χ1n) is 9.57. The molecule has 0 saturated heterocycles. The fourth-order valence-electron chi connectivity index (χ4n) is 3.90. The number of imidazole rings is 1. The van der Waals surface area contributed by atoms with E-state index in [1.807, 2.05) is 0 Å². The van der Waals surface area contributed by atoms with Crippen molar-refractivity contribution in [2.24, 2.45) is 14.1 Å². The number of aryl methyl sites for hydroxylation is 1. The highest BCUT2D eigenvalue weighted by Gasteiger charge is 2.23. The van der Waals surface area contributed by atoms with Crippen molar-refractivity contribution in [3.63, 3.8) is 0 Å². The van der Waals surface area contributed by atoms with Crippen molar-refractivity contribution in [3.8, 4) is 0 Å². The van der Waals surface area contributed by atoms with Crippen LogP contribution in [0.25, 0.3) is 11.2 Å². The van der Waals surface area contributed by atoms with E-state index in [0.29, 0.717) is 23.3 Å². The Morgan fingerprint density at radius 1 is 1.21 bits per heavy atom. The van der Waals surface area contributed by atoms with Crippen LogP contribution >= 0.6 is 0 Å². The third kappa shape index (κ3) is 3.28. The average Bonchev–Trinajstić information content (AvgIpc) is 3.33. The fourth-order valence-corrected chi connectivity index (χ4v) is 3.90. The molecule has 1 aliphatic carbocycles. The molecule has 3 aromatic rings. The summed E-state index contributed by atoms with van der Waals surface area (Å²) in [4.78, 5) is 33.1. The quantitative estimate of drug-likeness (QED) is 0.674. The van der Waals surface area contributed by atoms with Gasteiger partial charge in [-0.1, -0.05) is 24.4 Å². The Hall–Kier alpha value is -2.75. The zero-order chi connectivity index (χ0) is 19.8. The van der Waals surface area contributed by atoms with Crippen LogP contribution in [0.5, 0.6) is 0 Å². The lowest BCUT2D eigenvalue weighted by molar-refractivity contribution is 0.152. The standard InChI is InChI=1S/C18H24N6O4/c1-22-15-14(17(26)23(2)18(22)27)24(10-19-15)9-12(25)8-13-20-16(28-21-13)11-6-4-3-5-7-11/h10-12,25H,3-9H2,1-2H3. The van der Waals surface area contributed by atoms with Crippen LogP contribution in [0.4, 0.5) is 0 Å². The Labute approximate surface area is 160 Å². The second kappa shape index (κ2) is 7.34. The topological polar surface area (TPSA) is 121 Å². The lowest BCUT2D eigenvalue weighted by Crippen LogP contribution is -2.37. The minimum absolute atomic E-state index is 0.136. The van der Waals surface area contributed by atoms with Crippen molar-refractivity contribution in [2.45, 2.75) is 57.1 Å². The highest BCUT2D eigenvalue weighted by atomic mass is 16.5. The van der Waals surface area contributed by atoms with Crippen molar-refractivity contribution in [1.29, 1.82) is 0 Å². The number of rotatable bonds is 5. The van der Waals surface area contributed by atoms with Gasteiger partial charge >= 0.3 is 5.69 Å². The van der Waals surface area contributed by atoms with Gasteiger partial charge in [-0.15, -0.1) is 0 Å². The SMILES string of the molecule is Cn1c(=O)c2c(ncn2CC(O)Cc2noc(C3CCCCC3)n2)n(C)c1=O. The Morgan fingerprint density at radius 2 is 1.96 bits per heavy atom. The first-order chi connectivity index (χ1) is 13.5. The number of fused-ring (bicyclic) bond motifs is 1. The van der Waals surface area contributed by atoms with Crippen LogP contribution in [0.3, 0.4) is 0 Å². The van der Waals surface area contributed by atoms with E-state index in [9.17, 15) is 14.7 Å². The molecule has 10 heteroatoms. The number of aromatic nitrogens is 6. The maximum absolute atomic E-state index is 12.5. The van der Waals surface area contributed by atoms with Gasteiger partial charge in [-0.05, 0) is 12.8 Å². The smallest absolute Gasteiger partial charge is 0.332 e. The maximum Gasteiger partial charge on any atom is 0.332 e. The molecule has 10 nitrogen and oxygen atoms in total. The summed E-state index contributed by atoms with van der Waals surface area (Å²) in [6.45, 7) is 0.136. The third-order valence-corrected chi connectivity index (χ3v) is 5.48. The van der Waals surface area contributed by atoms with Crippen LogP contribution in [0.2, 0.25) is 0 Å². The largest absolute Gasteiger partial charge is 0.391 e. The van der Waals surface area contributed by atoms with Crippen LogP contribution in [-0.4, -0.2) is 40.0 Å². The average molecular weight is 388 g/mol. The molecule has 3 aromatic heterocycles. The van der Waals surface area contributed by atoms with Crippen molar-refractivity contribution in [1.82, 2.24) is 28.8 Å². The summed E-state index contributed by atoms with van der Waals surface area (Å²) >= 11 is 0. The maximum atomic E-state index is 12.5. The monoisotopic (exact) mass is 388 g/mol. The molecule has 0 amide bonds. The van der Waals surface area contributed by atoms with Gasteiger partial charge in [0.05, 0.1) is 19.0 Å². The van der Waals surface area contributed by atoms with E-state index in [1.165, 1.54) is 37.2 Å². The molecule has 1 N–H and O–H groups in total. The van der Waals surface area contributed by atoms with Gasteiger partial charge in [0.15, 0.2) is 17.0 Å². The lowest BCUT2D eigenvalue weighted by Gasteiger charge is -2.17. The second-order valence-corrected chi connectivity index (χ2v) is 7.52. The van der Waals surface area contributed by atoms with Crippen LogP contribution in [0.1, 0.15) is 49.7 Å². The molecule has 150 valence electrons. The number of hydrogen-bond donors (Lipinski definition) is 1. The molecule has 3 heterocycles. The molecule has 1 aliphatic rings. The predicted octanol–water partition coefficient (Wildman–Crippen LogP) is 0.468. The van der Waals surface area contributed by atoms with Crippen LogP contribution in [-0.2, 0) is 27.1 Å². The number of aliphatic hydroxyl groups excluding tert-OH is 1. The van der Waals surface area contributed by atoms with E-state index in [2.05, 4.69) is 15.1 Å². The Morgan fingerprint density at radius 3 is 2.71 bits per heavy atom. The van der Waals surface area contributed by atoms with Crippen LogP contribution in [0.15, 0.2) is 20.4 Å². The Bertz CT molecular complexity index is 1100. The van der Waals surface area contributed by atoms with E-state index in [-0.39, 0.29) is 18.5 Å². The Kier molecular flexibility index (Phi) is 4.88. The molecule has 1 atom stereocenters. The number of hydrogen-bond acceptors (Lipinski definition) is 7. The normalized spacial score (nSPS) is 16.7. The van der Waals surface area contributed by atoms with Crippen molar-refractivity contribution < 1.29 is 9.63 Å². The summed E-state index contributed by atoms with van der Waals surface area (Å²) in [5.41, 5.74) is -0.314. The van der Waals surface area contributed by atoms with Gasteiger partial charge in [-0.2, -0.15) is 4.98 Å². The van der Waals surface area contributed by atoms with Crippen LogP contribution < -0.4 is 11.2 Å². The summed E-state index contributed by atoms with van der Waals surface area (Å²) in [5.74, 6) is 1.42. The third-order valence-electron chi connectivity index (χ3n) is 5.48. The molecule has 28 heavy (non-hydrogen) atoms. The first kappa shape index (κ1) is 18.6. The van der Waals surface area contributed by atoms with Gasteiger partial charge in [-0.25, -0.2) is 9.78 Å². The molecule has 1 saturated carbocycles. The molecular weight excluding hydrogens is 364 g/mol. The fraction of sp³-hybridized carbons (Fsp3) is 0.611. The zero-order valence-corrected chi connectivity index (χ0v) is 16.0. The minimum Gasteiger partial charge on any atom is -0.391 e. The summed E-state index contributed by atoms with van der Waals surface area (Å²) in [6, 6.07) is 0. The summed E-state index contributed by atoms with van der Waals surface area (Å²) in [5, 5.41) is 14.5. The second-order valence-electron chi connectivity index (χ2n) is 7.52. The molecule has 1 fully saturated rings. The van der Waals surface area contributed by atoms with Gasteiger partial charge in [0.1, 0.15) is 0 Å². The molecule has 4 rings (SSSR count). The molecular formula is C18H24N6O4. The highest BCUT2D eigenvalue weighted by molar-refractivity contribution is 5.69. The summed E-state index contributed by atoms with van der Waals surface area (Å²) in [7, 11) is 2.98. The zero-order valence-electron chi connectivity index (χ0n) is 16.0. The number of nitrogens with zero attached hydrogens (tertiary/aromatic N) is 6. The van der Waals surface area contributed by atoms with Crippen molar-refractivity contribution in [3.05, 3.63) is 38.9 Å². The number of aliphatic hydroxyl groups is 1. The molecule has 0 bridgehead atoms. The van der Waals surface area contributed by atoms with Gasteiger partial charge in [0.2, 0.25) is 5.89 Å². The van der Waals surface area contributed by atoms with Gasteiger partial charge < -0.3 is 14.2 Å². The molecule has 0 spiro atoms. The van der Waals surface area contributed by atoms with Crippen molar-refractivity contribution >= 4 is 11.2 Å².